The highest BCUT2D eigenvalue weighted by atomic mass is 16.2. The fourth-order valence-electron chi connectivity index (χ4n) is 4.02. The van der Waals surface area contributed by atoms with Crippen LogP contribution in [0.4, 0.5) is 5.69 Å². The van der Waals surface area contributed by atoms with E-state index < -0.39 is 5.54 Å². The SMILES string of the molecule is O=C(NCCN1CCC2(CC1)C(=O)NCN2c1ccccc1)c1cccnn1. The van der Waals surface area contributed by atoms with E-state index in [4.69, 9.17) is 0 Å². The lowest BCUT2D eigenvalue weighted by atomic mass is 9.85. The Hall–Kier alpha value is -3.00. The third-order valence-electron chi connectivity index (χ3n) is 5.61. The van der Waals surface area contributed by atoms with Gasteiger partial charge in [0.1, 0.15) is 5.54 Å². The molecule has 146 valence electrons. The Morgan fingerprint density at radius 3 is 2.64 bits per heavy atom. The predicted molar refractivity (Wildman–Crippen MR) is 105 cm³/mol. The molecule has 28 heavy (non-hydrogen) atoms. The van der Waals surface area contributed by atoms with Crippen molar-refractivity contribution in [2.75, 3.05) is 37.7 Å². The summed E-state index contributed by atoms with van der Waals surface area (Å²) in [4.78, 5) is 29.2. The van der Waals surface area contributed by atoms with E-state index in [1.165, 1.54) is 6.20 Å². The van der Waals surface area contributed by atoms with Gasteiger partial charge in [-0.3, -0.25) is 9.59 Å². The van der Waals surface area contributed by atoms with Gasteiger partial charge in [0.15, 0.2) is 5.69 Å². The van der Waals surface area contributed by atoms with E-state index >= 15 is 0 Å². The number of hydrogen-bond donors (Lipinski definition) is 2. The van der Waals surface area contributed by atoms with Gasteiger partial charge in [-0.1, -0.05) is 18.2 Å². The lowest BCUT2D eigenvalue weighted by Crippen LogP contribution is -2.57. The number of amides is 2. The second-order valence-corrected chi connectivity index (χ2v) is 7.17. The standard InChI is InChI=1S/C20H24N6O2/c27-18(17-7-4-10-23-24-17)21-11-14-25-12-8-20(9-13-25)19(28)22-15-26(20)16-5-2-1-3-6-16/h1-7,10H,8-9,11-15H2,(H,21,27)(H,22,28). The van der Waals surface area contributed by atoms with Gasteiger partial charge in [0.2, 0.25) is 5.91 Å². The van der Waals surface area contributed by atoms with E-state index in [1.54, 1.807) is 12.1 Å². The summed E-state index contributed by atoms with van der Waals surface area (Å²) in [6.07, 6.45) is 3.08. The normalized spacial score (nSPS) is 18.9. The van der Waals surface area contributed by atoms with Gasteiger partial charge >= 0.3 is 0 Å². The Morgan fingerprint density at radius 2 is 1.93 bits per heavy atom. The first-order chi connectivity index (χ1) is 13.7. The molecule has 0 saturated carbocycles. The molecule has 2 aliphatic heterocycles. The van der Waals surface area contributed by atoms with Crippen LogP contribution in [0.15, 0.2) is 48.7 Å². The molecular weight excluding hydrogens is 356 g/mol. The number of likely N-dealkylation sites (tertiary alicyclic amines) is 1. The van der Waals surface area contributed by atoms with Crippen molar-refractivity contribution in [3.05, 3.63) is 54.4 Å². The van der Waals surface area contributed by atoms with Gasteiger partial charge in [-0.25, -0.2) is 0 Å². The van der Waals surface area contributed by atoms with Crippen molar-refractivity contribution in [2.24, 2.45) is 0 Å². The Kier molecular flexibility index (Phi) is 5.21. The number of carbonyl (C=O) groups is 2. The topological polar surface area (TPSA) is 90.5 Å². The van der Waals surface area contributed by atoms with E-state index in [9.17, 15) is 9.59 Å². The summed E-state index contributed by atoms with van der Waals surface area (Å²) in [7, 11) is 0. The summed E-state index contributed by atoms with van der Waals surface area (Å²) in [5.74, 6) is -0.0982. The molecular formula is C20H24N6O2. The number of anilines is 1. The first-order valence-electron chi connectivity index (χ1n) is 9.58. The molecule has 2 saturated heterocycles. The molecule has 2 N–H and O–H groups in total. The van der Waals surface area contributed by atoms with Crippen LogP contribution in [0.3, 0.4) is 0 Å². The number of nitrogens with zero attached hydrogens (tertiary/aromatic N) is 4. The summed E-state index contributed by atoms with van der Waals surface area (Å²) < 4.78 is 0. The van der Waals surface area contributed by atoms with E-state index in [0.717, 1.165) is 38.2 Å². The van der Waals surface area contributed by atoms with Crippen molar-refractivity contribution < 1.29 is 9.59 Å². The fourth-order valence-corrected chi connectivity index (χ4v) is 4.02. The fraction of sp³-hybridized carbons (Fsp3) is 0.400. The molecule has 2 aliphatic rings. The summed E-state index contributed by atoms with van der Waals surface area (Å²) in [6.45, 7) is 3.47. The smallest absolute Gasteiger partial charge is 0.271 e. The molecule has 0 bridgehead atoms. The van der Waals surface area contributed by atoms with Crippen LogP contribution in [-0.4, -0.2) is 65.3 Å². The summed E-state index contributed by atoms with van der Waals surface area (Å²) >= 11 is 0. The predicted octanol–water partition coefficient (Wildman–Crippen LogP) is 0.635. The van der Waals surface area contributed by atoms with Crippen LogP contribution in [0.2, 0.25) is 0 Å². The third kappa shape index (κ3) is 3.55. The van der Waals surface area contributed by atoms with Crippen molar-refractivity contribution in [3.8, 4) is 0 Å². The molecule has 8 heteroatoms. The zero-order valence-electron chi connectivity index (χ0n) is 15.7. The molecule has 3 heterocycles. The van der Waals surface area contributed by atoms with Crippen LogP contribution in [0.1, 0.15) is 23.3 Å². The van der Waals surface area contributed by atoms with Crippen LogP contribution in [-0.2, 0) is 4.79 Å². The molecule has 1 aromatic heterocycles. The van der Waals surface area contributed by atoms with Crippen molar-refractivity contribution in [1.82, 2.24) is 25.7 Å². The highest BCUT2D eigenvalue weighted by Crippen LogP contribution is 2.35. The van der Waals surface area contributed by atoms with Gasteiger partial charge in [0.25, 0.3) is 5.91 Å². The zero-order chi connectivity index (χ0) is 19.4. The molecule has 0 unspecified atom stereocenters. The van der Waals surface area contributed by atoms with Gasteiger partial charge < -0.3 is 20.4 Å². The number of aromatic nitrogens is 2. The number of rotatable bonds is 5. The van der Waals surface area contributed by atoms with Crippen molar-refractivity contribution in [2.45, 2.75) is 18.4 Å². The van der Waals surface area contributed by atoms with Crippen LogP contribution >= 0.6 is 0 Å². The monoisotopic (exact) mass is 380 g/mol. The van der Waals surface area contributed by atoms with Gasteiger partial charge in [-0.15, -0.1) is 5.10 Å². The van der Waals surface area contributed by atoms with Crippen molar-refractivity contribution in [1.29, 1.82) is 0 Å². The highest BCUT2D eigenvalue weighted by molar-refractivity contribution is 5.93. The zero-order valence-corrected chi connectivity index (χ0v) is 15.7. The Morgan fingerprint density at radius 1 is 1.14 bits per heavy atom. The van der Waals surface area contributed by atoms with Gasteiger partial charge in [-0.2, -0.15) is 5.10 Å². The largest absolute Gasteiger partial charge is 0.349 e. The maximum atomic E-state index is 12.7. The lowest BCUT2D eigenvalue weighted by molar-refractivity contribution is -0.125. The second kappa shape index (κ2) is 7.93. The summed E-state index contributed by atoms with van der Waals surface area (Å²) in [5, 5.41) is 13.4. The number of carbonyl (C=O) groups excluding carboxylic acids is 2. The number of hydrogen-bond acceptors (Lipinski definition) is 6. The minimum Gasteiger partial charge on any atom is -0.349 e. The Bertz CT molecular complexity index is 821. The number of piperidine rings is 1. The van der Waals surface area contributed by atoms with Crippen LogP contribution in [0, 0.1) is 0 Å². The summed E-state index contributed by atoms with van der Waals surface area (Å²) in [5.41, 5.74) is 0.924. The molecule has 4 rings (SSSR count). The first-order valence-corrected chi connectivity index (χ1v) is 9.58. The van der Waals surface area contributed by atoms with Gasteiger partial charge in [0, 0.05) is 38.1 Å². The molecule has 2 amide bonds. The van der Waals surface area contributed by atoms with Crippen molar-refractivity contribution >= 4 is 17.5 Å². The molecule has 1 aromatic carbocycles. The van der Waals surface area contributed by atoms with Gasteiger partial charge in [0.05, 0.1) is 6.67 Å². The van der Waals surface area contributed by atoms with Crippen LogP contribution in [0.5, 0.6) is 0 Å². The quantitative estimate of drug-likeness (QED) is 0.791. The summed E-state index contributed by atoms with van der Waals surface area (Å²) in [6, 6.07) is 13.4. The highest BCUT2D eigenvalue weighted by Gasteiger charge is 2.50. The molecule has 0 aliphatic carbocycles. The van der Waals surface area contributed by atoms with E-state index in [-0.39, 0.29) is 11.8 Å². The molecule has 8 nitrogen and oxygen atoms in total. The van der Waals surface area contributed by atoms with Crippen LogP contribution < -0.4 is 15.5 Å². The molecule has 1 spiro atoms. The molecule has 0 atom stereocenters. The first kappa shape index (κ1) is 18.4. The van der Waals surface area contributed by atoms with E-state index in [0.29, 0.717) is 18.9 Å². The lowest BCUT2D eigenvalue weighted by Gasteiger charge is -2.43. The molecule has 2 fully saturated rings. The average molecular weight is 380 g/mol. The molecule has 2 aromatic rings. The van der Waals surface area contributed by atoms with Crippen molar-refractivity contribution in [3.63, 3.8) is 0 Å². The Balaban J connectivity index is 1.31. The minimum atomic E-state index is -0.471. The number of benzene rings is 1. The second-order valence-electron chi connectivity index (χ2n) is 7.17. The van der Waals surface area contributed by atoms with E-state index in [2.05, 4.69) is 42.8 Å². The third-order valence-corrected chi connectivity index (χ3v) is 5.61. The van der Waals surface area contributed by atoms with E-state index in [1.807, 2.05) is 18.2 Å². The minimum absolute atomic E-state index is 0.118. The maximum absolute atomic E-state index is 12.7. The van der Waals surface area contributed by atoms with Crippen LogP contribution in [0.25, 0.3) is 0 Å². The average Bonchev–Trinajstić information content (AvgIpc) is 3.06. The maximum Gasteiger partial charge on any atom is 0.271 e. The Labute approximate surface area is 163 Å². The van der Waals surface area contributed by atoms with Gasteiger partial charge in [-0.05, 0) is 37.1 Å². The molecule has 0 radical (unpaired) electrons. The number of nitrogens with one attached hydrogen (secondary N) is 2. The number of para-hydroxylation sites is 1.